The van der Waals surface area contributed by atoms with E-state index in [1.165, 1.54) is 0 Å². The van der Waals surface area contributed by atoms with Gasteiger partial charge in [0.2, 0.25) is 5.91 Å². The van der Waals surface area contributed by atoms with Gasteiger partial charge >= 0.3 is 0 Å². The molecule has 0 radical (unpaired) electrons. The van der Waals surface area contributed by atoms with Crippen LogP contribution < -0.4 is 11.1 Å². The number of amides is 1. The van der Waals surface area contributed by atoms with E-state index >= 15 is 0 Å². The van der Waals surface area contributed by atoms with Crippen molar-refractivity contribution in [2.45, 2.75) is 37.6 Å². The quantitative estimate of drug-likeness (QED) is 0.882. The fourth-order valence-electron chi connectivity index (χ4n) is 2.46. The highest BCUT2D eigenvalue weighted by molar-refractivity contribution is 6.42. The lowest BCUT2D eigenvalue weighted by Gasteiger charge is -2.34. The van der Waals surface area contributed by atoms with Gasteiger partial charge in [0.05, 0.1) is 15.6 Å². The number of carbonyl (C=O) groups is 1. The molecule has 0 bridgehead atoms. The monoisotopic (exact) mass is 344 g/mol. The number of halogens is 2. The lowest BCUT2D eigenvalue weighted by molar-refractivity contribution is -0.130. The normalized spacial score (nSPS) is 18.0. The van der Waals surface area contributed by atoms with E-state index in [4.69, 9.17) is 33.7 Å². The van der Waals surface area contributed by atoms with Crippen LogP contribution in [0.4, 0.5) is 0 Å². The van der Waals surface area contributed by atoms with Crippen molar-refractivity contribution in [1.29, 1.82) is 0 Å². The van der Waals surface area contributed by atoms with Crippen LogP contribution in [-0.4, -0.2) is 31.2 Å². The summed E-state index contributed by atoms with van der Waals surface area (Å²) in [7, 11) is 0. The van der Waals surface area contributed by atoms with Crippen LogP contribution in [0.3, 0.4) is 0 Å². The van der Waals surface area contributed by atoms with Gasteiger partial charge in [-0.3, -0.25) is 4.79 Å². The van der Waals surface area contributed by atoms with Gasteiger partial charge in [-0.1, -0.05) is 43.1 Å². The zero-order chi connectivity index (χ0) is 16.4. The fraction of sp³-hybridized carbons (Fsp3) is 0.562. The molecule has 122 valence electrons. The SMILES string of the molecule is CC(C)(CNC(=O)C1(N)CCOCC1)c1ccc(Cl)c(Cl)c1. The van der Waals surface area contributed by atoms with E-state index in [2.05, 4.69) is 5.32 Å². The first-order chi connectivity index (χ1) is 10.2. The summed E-state index contributed by atoms with van der Waals surface area (Å²) in [5.41, 5.74) is 6.10. The van der Waals surface area contributed by atoms with Crippen LogP contribution in [0.1, 0.15) is 32.3 Å². The average Bonchev–Trinajstić information content (AvgIpc) is 2.48. The van der Waals surface area contributed by atoms with Crippen molar-refractivity contribution in [3.63, 3.8) is 0 Å². The van der Waals surface area contributed by atoms with Crippen LogP contribution in [0, 0.1) is 0 Å². The minimum atomic E-state index is -0.827. The number of nitrogens with two attached hydrogens (primary N) is 1. The lowest BCUT2D eigenvalue weighted by Crippen LogP contribution is -2.58. The summed E-state index contributed by atoms with van der Waals surface area (Å²) in [6, 6.07) is 5.53. The van der Waals surface area contributed by atoms with Gasteiger partial charge in [0, 0.05) is 25.2 Å². The minimum absolute atomic E-state index is 0.121. The van der Waals surface area contributed by atoms with Gasteiger partial charge in [0.25, 0.3) is 0 Å². The molecule has 3 N–H and O–H groups in total. The molecule has 0 spiro atoms. The van der Waals surface area contributed by atoms with E-state index in [9.17, 15) is 4.79 Å². The smallest absolute Gasteiger partial charge is 0.240 e. The molecule has 1 aromatic rings. The molecule has 0 aliphatic carbocycles. The van der Waals surface area contributed by atoms with Crippen molar-refractivity contribution in [3.8, 4) is 0 Å². The number of hydrogen-bond acceptors (Lipinski definition) is 3. The maximum Gasteiger partial charge on any atom is 0.240 e. The lowest BCUT2D eigenvalue weighted by atomic mass is 9.83. The highest BCUT2D eigenvalue weighted by Crippen LogP contribution is 2.29. The van der Waals surface area contributed by atoms with E-state index in [0.29, 0.717) is 42.6 Å². The van der Waals surface area contributed by atoms with Crippen molar-refractivity contribution in [1.82, 2.24) is 5.32 Å². The molecule has 1 heterocycles. The molecule has 2 rings (SSSR count). The Balaban J connectivity index is 2.02. The number of benzene rings is 1. The van der Waals surface area contributed by atoms with Gasteiger partial charge in [-0.25, -0.2) is 0 Å². The topological polar surface area (TPSA) is 64.4 Å². The molecular formula is C16H22Cl2N2O2. The number of hydrogen-bond donors (Lipinski definition) is 2. The summed E-state index contributed by atoms with van der Waals surface area (Å²) in [5, 5.41) is 4.00. The largest absolute Gasteiger partial charge is 0.381 e. The first-order valence-corrected chi connectivity index (χ1v) is 8.11. The Morgan fingerprint density at radius 1 is 1.32 bits per heavy atom. The highest BCUT2D eigenvalue weighted by atomic mass is 35.5. The molecule has 4 nitrogen and oxygen atoms in total. The Bertz CT molecular complexity index is 555. The molecule has 0 saturated carbocycles. The zero-order valence-electron chi connectivity index (χ0n) is 12.9. The van der Waals surface area contributed by atoms with Crippen molar-refractivity contribution >= 4 is 29.1 Å². The van der Waals surface area contributed by atoms with E-state index in [-0.39, 0.29) is 11.3 Å². The second-order valence-electron chi connectivity index (χ2n) is 6.46. The van der Waals surface area contributed by atoms with Crippen molar-refractivity contribution in [3.05, 3.63) is 33.8 Å². The van der Waals surface area contributed by atoms with Gasteiger partial charge in [-0.2, -0.15) is 0 Å². The third-order valence-corrected chi connectivity index (χ3v) is 4.97. The van der Waals surface area contributed by atoms with Gasteiger partial charge < -0.3 is 15.8 Å². The van der Waals surface area contributed by atoms with Crippen LogP contribution in [0.25, 0.3) is 0 Å². The molecule has 1 aromatic carbocycles. The molecular weight excluding hydrogens is 323 g/mol. The highest BCUT2D eigenvalue weighted by Gasteiger charge is 2.36. The summed E-state index contributed by atoms with van der Waals surface area (Å²) < 4.78 is 5.27. The Labute approximate surface area is 141 Å². The van der Waals surface area contributed by atoms with Gasteiger partial charge in [-0.05, 0) is 30.5 Å². The van der Waals surface area contributed by atoms with Crippen LogP contribution in [0.15, 0.2) is 18.2 Å². The first kappa shape index (κ1) is 17.5. The second kappa shape index (κ2) is 6.75. The third kappa shape index (κ3) is 3.93. The Hall–Kier alpha value is -0.810. The van der Waals surface area contributed by atoms with E-state index in [1.807, 2.05) is 26.0 Å². The summed E-state index contributed by atoms with van der Waals surface area (Å²) in [6.45, 7) is 5.61. The van der Waals surface area contributed by atoms with Crippen LogP contribution in [-0.2, 0) is 14.9 Å². The zero-order valence-corrected chi connectivity index (χ0v) is 14.4. The fourth-order valence-corrected chi connectivity index (χ4v) is 2.76. The van der Waals surface area contributed by atoms with Crippen molar-refractivity contribution in [2.24, 2.45) is 5.73 Å². The first-order valence-electron chi connectivity index (χ1n) is 7.35. The molecule has 1 saturated heterocycles. The Morgan fingerprint density at radius 3 is 2.55 bits per heavy atom. The summed E-state index contributed by atoms with van der Waals surface area (Å²) >= 11 is 12.0. The maximum absolute atomic E-state index is 12.4. The molecule has 1 aliphatic rings. The third-order valence-electron chi connectivity index (χ3n) is 4.23. The molecule has 1 amide bonds. The maximum atomic E-state index is 12.4. The summed E-state index contributed by atoms with van der Waals surface area (Å²) in [4.78, 5) is 12.4. The molecule has 0 aromatic heterocycles. The van der Waals surface area contributed by atoms with Gasteiger partial charge in [-0.15, -0.1) is 0 Å². The van der Waals surface area contributed by atoms with E-state index < -0.39 is 5.54 Å². The Kier molecular flexibility index (Phi) is 5.38. The van der Waals surface area contributed by atoms with Crippen LogP contribution in [0.5, 0.6) is 0 Å². The predicted octanol–water partition coefficient (Wildman–Crippen LogP) is 2.90. The van der Waals surface area contributed by atoms with E-state index in [1.54, 1.807) is 6.07 Å². The van der Waals surface area contributed by atoms with Crippen molar-refractivity contribution in [2.75, 3.05) is 19.8 Å². The summed E-state index contributed by atoms with van der Waals surface area (Å²) in [6.07, 6.45) is 1.10. The molecule has 6 heteroatoms. The number of ether oxygens (including phenoxy) is 1. The molecule has 1 fully saturated rings. The summed E-state index contributed by atoms with van der Waals surface area (Å²) in [5.74, 6) is -0.121. The minimum Gasteiger partial charge on any atom is -0.381 e. The van der Waals surface area contributed by atoms with Crippen LogP contribution in [0.2, 0.25) is 10.0 Å². The number of rotatable bonds is 4. The Morgan fingerprint density at radius 2 is 1.95 bits per heavy atom. The number of nitrogens with one attached hydrogen (secondary N) is 1. The molecule has 0 atom stereocenters. The second-order valence-corrected chi connectivity index (χ2v) is 7.28. The van der Waals surface area contributed by atoms with Gasteiger partial charge in [0.15, 0.2) is 0 Å². The average molecular weight is 345 g/mol. The number of carbonyl (C=O) groups excluding carboxylic acids is 1. The van der Waals surface area contributed by atoms with Crippen molar-refractivity contribution < 1.29 is 9.53 Å². The van der Waals surface area contributed by atoms with Gasteiger partial charge in [0.1, 0.15) is 0 Å². The van der Waals surface area contributed by atoms with E-state index in [0.717, 1.165) is 5.56 Å². The molecule has 0 unspecified atom stereocenters. The standard InChI is InChI=1S/C16H22Cl2N2O2/c1-15(2,11-3-4-12(17)13(18)9-11)10-20-14(21)16(19)5-7-22-8-6-16/h3-4,9H,5-8,10,19H2,1-2H3,(H,20,21). The molecule has 1 aliphatic heterocycles. The predicted molar refractivity (Wildman–Crippen MR) is 89.5 cm³/mol. The molecule has 22 heavy (non-hydrogen) atoms. The van der Waals surface area contributed by atoms with Crippen LogP contribution >= 0.6 is 23.2 Å².